The first kappa shape index (κ1) is 24.7. The van der Waals surface area contributed by atoms with Gasteiger partial charge in [0.2, 0.25) is 10.8 Å². The molecule has 0 N–H and O–H groups in total. The molecular weight excluding hydrogens is 526 g/mol. The van der Waals surface area contributed by atoms with Crippen molar-refractivity contribution in [2.24, 2.45) is 0 Å². The van der Waals surface area contributed by atoms with Gasteiger partial charge in [-0.1, -0.05) is 13.0 Å². The Balaban J connectivity index is 1.36. The van der Waals surface area contributed by atoms with Crippen LogP contribution in [0.25, 0.3) is 20.8 Å². The van der Waals surface area contributed by atoms with E-state index in [1.807, 2.05) is 35.2 Å². The van der Waals surface area contributed by atoms with Crippen molar-refractivity contribution in [1.29, 1.82) is 0 Å². The molecule has 0 radical (unpaired) electrons. The number of aryl methyl sites for hydroxylation is 1. The minimum Gasteiger partial charge on any atom is -0.497 e. The van der Waals surface area contributed by atoms with Gasteiger partial charge in [0.1, 0.15) is 10.8 Å². The lowest BCUT2D eigenvalue weighted by Gasteiger charge is -2.44. The summed E-state index contributed by atoms with van der Waals surface area (Å²) in [6, 6.07) is 18.2. The minimum absolute atomic E-state index is 0.0506. The number of aromatic nitrogens is 1. The molecule has 0 aliphatic carbocycles. The van der Waals surface area contributed by atoms with Gasteiger partial charge >= 0.3 is 0 Å². The molecule has 3 aromatic carbocycles. The normalized spacial score (nSPS) is 23.3. The molecule has 198 valence electrons. The van der Waals surface area contributed by atoms with E-state index in [0.29, 0.717) is 11.4 Å². The summed E-state index contributed by atoms with van der Waals surface area (Å²) in [6.45, 7) is 8.53. The van der Waals surface area contributed by atoms with Crippen LogP contribution >= 0.6 is 23.1 Å². The maximum Gasteiger partial charge on any atom is 0.269 e. The highest BCUT2D eigenvalue weighted by Gasteiger charge is 2.64. The number of thiazole rings is 1. The Bertz CT molecular complexity index is 1690. The number of fused-ring (bicyclic) bond motifs is 2. The van der Waals surface area contributed by atoms with Crippen molar-refractivity contribution in [2.75, 3.05) is 22.7 Å². The van der Waals surface area contributed by atoms with E-state index in [1.165, 1.54) is 17.3 Å². The van der Waals surface area contributed by atoms with Gasteiger partial charge in [-0.2, -0.15) is 0 Å². The van der Waals surface area contributed by atoms with Crippen LogP contribution in [0, 0.1) is 6.92 Å². The molecule has 1 saturated heterocycles. The maximum atomic E-state index is 14.5. The fourth-order valence-electron chi connectivity index (χ4n) is 6.59. The number of rotatable bonds is 3. The Morgan fingerprint density at radius 3 is 2.54 bits per heavy atom. The average molecular weight is 556 g/mol. The summed E-state index contributed by atoms with van der Waals surface area (Å²) in [5.74, 6) is 1.09. The van der Waals surface area contributed by atoms with E-state index in [-0.39, 0.29) is 29.0 Å². The zero-order chi connectivity index (χ0) is 27.3. The minimum atomic E-state index is -1.16. The van der Waals surface area contributed by atoms with Crippen LogP contribution in [0.5, 0.6) is 5.75 Å². The number of methoxy groups -OCH3 is 1. The Kier molecular flexibility index (Phi) is 5.26. The third kappa shape index (κ3) is 3.37. The summed E-state index contributed by atoms with van der Waals surface area (Å²) in [6.07, 6.45) is 0.837. The first-order chi connectivity index (χ1) is 18.6. The molecule has 1 spiro atoms. The smallest absolute Gasteiger partial charge is 0.269 e. The van der Waals surface area contributed by atoms with Crippen LogP contribution in [-0.4, -0.2) is 35.2 Å². The first-order valence-electron chi connectivity index (χ1n) is 13.2. The second-order valence-electron chi connectivity index (χ2n) is 11.4. The molecule has 1 aromatic heterocycles. The van der Waals surface area contributed by atoms with E-state index in [1.54, 1.807) is 23.3 Å². The number of hydrogen-bond acceptors (Lipinski definition) is 6. The molecule has 8 heteroatoms. The van der Waals surface area contributed by atoms with Gasteiger partial charge in [-0.3, -0.25) is 14.5 Å². The monoisotopic (exact) mass is 555 g/mol. The van der Waals surface area contributed by atoms with Crippen molar-refractivity contribution in [2.45, 2.75) is 50.4 Å². The SMILES string of the molecule is COc1cc2c3c(c1)[C@@]1(SCC(=O)N1c1ccc(-c4nc5ccc(C)cc5s4)cc1)C(=O)N3C(C)(C)C[C@H]2C. The highest BCUT2D eigenvalue weighted by molar-refractivity contribution is 8.02. The molecule has 7 rings (SSSR count). The van der Waals surface area contributed by atoms with E-state index in [9.17, 15) is 9.59 Å². The van der Waals surface area contributed by atoms with E-state index in [0.717, 1.165) is 44.0 Å². The Labute approximate surface area is 236 Å². The average Bonchev–Trinajstić information content (AvgIpc) is 3.56. The molecular formula is C31H29N3O3S2. The predicted octanol–water partition coefficient (Wildman–Crippen LogP) is 6.85. The van der Waals surface area contributed by atoms with E-state index in [4.69, 9.17) is 9.72 Å². The van der Waals surface area contributed by atoms with Gasteiger partial charge in [-0.25, -0.2) is 4.98 Å². The number of anilines is 2. The predicted molar refractivity (Wildman–Crippen MR) is 159 cm³/mol. The van der Waals surface area contributed by atoms with Gasteiger partial charge in [0, 0.05) is 22.4 Å². The zero-order valence-electron chi connectivity index (χ0n) is 22.6. The van der Waals surface area contributed by atoms with Crippen molar-refractivity contribution in [1.82, 2.24) is 4.98 Å². The number of nitrogens with zero attached hydrogens (tertiary/aromatic N) is 3. The summed E-state index contributed by atoms with van der Waals surface area (Å²) in [5, 5.41) is 0.934. The molecule has 4 aromatic rings. The summed E-state index contributed by atoms with van der Waals surface area (Å²) < 4.78 is 6.85. The van der Waals surface area contributed by atoms with Crippen LogP contribution in [0.4, 0.5) is 11.4 Å². The van der Waals surface area contributed by atoms with Crippen LogP contribution in [0.3, 0.4) is 0 Å². The van der Waals surface area contributed by atoms with Gasteiger partial charge in [0.05, 0.1) is 28.8 Å². The van der Waals surface area contributed by atoms with E-state index < -0.39 is 4.87 Å². The molecule has 2 amide bonds. The van der Waals surface area contributed by atoms with Gasteiger partial charge < -0.3 is 9.64 Å². The highest BCUT2D eigenvalue weighted by atomic mass is 32.2. The second-order valence-corrected chi connectivity index (χ2v) is 13.6. The molecule has 3 aliphatic rings. The van der Waals surface area contributed by atoms with Crippen molar-refractivity contribution < 1.29 is 14.3 Å². The van der Waals surface area contributed by atoms with Gasteiger partial charge in [0.15, 0.2) is 0 Å². The number of ether oxygens (including phenoxy) is 1. The Morgan fingerprint density at radius 1 is 1.03 bits per heavy atom. The lowest BCUT2D eigenvalue weighted by atomic mass is 9.80. The number of amides is 2. The molecule has 0 bridgehead atoms. The molecule has 39 heavy (non-hydrogen) atoms. The van der Waals surface area contributed by atoms with Crippen molar-refractivity contribution in [3.05, 3.63) is 71.3 Å². The van der Waals surface area contributed by atoms with Gasteiger partial charge in [-0.15, -0.1) is 23.1 Å². The largest absolute Gasteiger partial charge is 0.497 e. The van der Waals surface area contributed by atoms with E-state index >= 15 is 0 Å². The fourth-order valence-corrected chi connectivity index (χ4v) is 8.98. The van der Waals surface area contributed by atoms with Crippen LogP contribution in [0.2, 0.25) is 0 Å². The number of benzene rings is 3. The van der Waals surface area contributed by atoms with Crippen LogP contribution in [0.15, 0.2) is 54.6 Å². The standard InChI is InChI=1S/C31H29N3O3S2/c1-17-6-11-24-25(12-17)39-28(32-24)19-7-9-20(10-8-19)33-26(35)16-38-31(33)23-14-21(37-5)13-22-18(2)15-30(3,4)34(27(22)23)29(31)36/h6-14,18H,15-16H2,1-5H3/t18-,31-/m1/s1. The van der Waals surface area contributed by atoms with Crippen molar-refractivity contribution in [3.8, 4) is 16.3 Å². The Morgan fingerprint density at radius 2 is 1.79 bits per heavy atom. The number of carbonyl (C=O) groups is 2. The quantitative estimate of drug-likeness (QED) is 0.277. The molecule has 2 atom stereocenters. The molecule has 0 unspecified atom stereocenters. The van der Waals surface area contributed by atoms with E-state index in [2.05, 4.69) is 52.0 Å². The third-order valence-electron chi connectivity index (χ3n) is 8.26. The molecule has 0 saturated carbocycles. The van der Waals surface area contributed by atoms with Crippen molar-refractivity contribution in [3.63, 3.8) is 0 Å². The third-order valence-corrected chi connectivity index (χ3v) is 10.7. The van der Waals surface area contributed by atoms with Gasteiger partial charge in [0.25, 0.3) is 5.91 Å². The summed E-state index contributed by atoms with van der Waals surface area (Å²) in [4.78, 5) is 35.4. The lowest BCUT2D eigenvalue weighted by Crippen LogP contribution is -2.56. The van der Waals surface area contributed by atoms with Crippen LogP contribution < -0.4 is 14.5 Å². The second kappa shape index (κ2) is 8.32. The summed E-state index contributed by atoms with van der Waals surface area (Å²) >= 11 is 3.07. The number of thioether (sulfide) groups is 1. The van der Waals surface area contributed by atoms with Crippen LogP contribution in [-0.2, 0) is 14.5 Å². The molecule has 3 aliphatic heterocycles. The topological polar surface area (TPSA) is 62.7 Å². The molecule has 1 fully saturated rings. The Hall–Kier alpha value is -3.36. The maximum absolute atomic E-state index is 14.5. The zero-order valence-corrected chi connectivity index (χ0v) is 24.2. The molecule has 4 heterocycles. The molecule has 6 nitrogen and oxygen atoms in total. The van der Waals surface area contributed by atoms with Crippen molar-refractivity contribution >= 4 is 56.5 Å². The summed E-state index contributed by atoms with van der Waals surface area (Å²) in [7, 11) is 1.65. The fraction of sp³-hybridized carbons (Fsp3) is 0.323. The summed E-state index contributed by atoms with van der Waals surface area (Å²) in [5.41, 5.74) is 6.42. The van der Waals surface area contributed by atoms with Crippen LogP contribution in [0.1, 0.15) is 49.8 Å². The highest BCUT2D eigenvalue weighted by Crippen LogP contribution is 2.62. The van der Waals surface area contributed by atoms with Gasteiger partial charge in [-0.05, 0) is 92.8 Å². The number of hydrogen-bond donors (Lipinski definition) is 0. The lowest BCUT2D eigenvalue weighted by molar-refractivity contribution is -0.124. The first-order valence-corrected chi connectivity index (χ1v) is 15.0. The number of carbonyl (C=O) groups excluding carboxylic acids is 2.